The largest absolute Gasteiger partial charge is 0.311 e. The van der Waals surface area contributed by atoms with Gasteiger partial charge in [0, 0.05) is 23.0 Å². The molecule has 0 radical (unpaired) electrons. The topological polar surface area (TPSA) is 3.24 Å². The number of hydrogen-bond donors (Lipinski definition) is 0. The molecular weight excluding hydrogens is 567 g/mol. The molecule has 0 amide bonds. The molecule has 1 nitrogen and oxygen atoms in total. The molecule has 1 aliphatic rings. The van der Waals surface area contributed by atoms with Gasteiger partial charge in [-0.1, -0.05) is 129 Å². The summed E-state index contributed by atoms with van der Waals surface area (Å²) < 4.78 is 0. The van der Waals surface area contributed by atoms with Gasteiger partial charge in [0.05, 0.1) is 0 Å². The van der Waals surface area contributed by atoms with E-state index in [2.05, 4.69) is 176 Å². The predicted octanol–water partition coefficient (Wildman–Crippen LogP) is 13.8. The summed E-state index contributed by atoms with van der Waals surface area (Å²) in [5.74, 6) is 0.946. The molecule has 6 rings (SSSR count). The molecule has 1 heteroatoms. The molecule has 47 heavy (non-hydrogen) atoms. The monoisotopic (exact) mass is 619 g/mol. The van der Waals surface area contributed by atoms with Crippen LogP contribution in [0.4, 0.5) is 17.1 Å². The molecule has 242 valence electrons. The van der Waals surface area contributed by atoms with Crippen LogP contribution in [0.25, 0.3) is 22.3 Å². The molecular formula is C46H53N. The van der Waals surface area contributed by atoms with Crippen molar-refractivity contribution in [3.63, 3.8) is 0 Å². The molecule has 2 atom stereocenters. The van der Waals surface area contributed by atoms with E-state index in [0.29, 0.717) is 11.8 Å². The van der Waals surface area contributed by atoms with Crippen LogP contribution in [0.3, 0.4) is 0 Å². The maximum absolute atomic E-state index is 2.47. The van der Waals surface area contributed by atoms with Crippen molar-refractivity contribution in [2.75, 3.05) is 4.90 Å². The molecule has 5 aromatic carbocycles. The second-order valence-corrected chi connectivity index (χ2v) is 15.1. The molecule has 0 heterocycles. The van der Waals surface area contributed by atoms with Crippen LogP contribution in [0.1, 0.15) is 121 Å². The lowest BCUT2D eigenvalue weighted by Gasteiger charge is -2.28. The van der Waals surface area contributed by atoms with E-state index in [1.54, 1.807) is 0 Å². The Kier molecular flexibility index (Phi) is 8.96. The Hall–Kier alpha value is -4.10. The number of nitrogens with zero attached hydrogens (tertiary/aromatic N) is 1. The summed E-state index contributed by atoms with van der Waals surface area (Å²) >= 11 is 0. The van der Waals surface area contributed by atoms with Crippen molar-refractivity contribution >= 4 is 17.1 Å². The molecule has 0 bridgehead atoms. The highest BCUT2D eigenvalue weighted by Crippen LogP contribution is 2.47. The third-order valence-electron chi connectivity index (χ3n) is 11.6. The minimum Gasteiger partial charge on any atom is -0.311 e. The van der Waals surface area contributed by atoms with E-state index in [0.717, 1.165) is 19.3 Å². The summed E-state index contributed by atoms with van der Waals surface area (Å²) in [5.41, 5.74) is 16.3. The summed E-state index contributed by atoms with van der Waals surface area (Å²) in [4.78, 5) is 2.39. The molecule has 0 N–H and O–H groups in total. The molecule has 0 saturated carbocycles. The normalized spacial score (nSPS) is 14.9. The number of anilines is 3. The van der Waals surface area contributed by atoms with Gasteiger partial charge in [-0.15, -0.1) is 0 Å². The lowest BCUT2D eigenvalue weighted by Crippen LogP contribution is -2.16. The molecule has 5 aromatic rings. The van der Waals surface area contributed by atoms with Crippen LogP contribution in [0.15, 0.2) is 109 Å². The Bertz CT molecular complexity index is 1840. The van der Waals surface area contributed by atoms with E-state index in [1.165, 1.54) is 67.1 Å². The predicted molar refractivity (Wildman–Crippen MR) is 205 cm³/mol. The lowest BCUT2D eigenvalue weighted by molar-refractivity contribution is 0.505. The van der Waals surface area contributed by atoms with Gasteiger partial charge in [0.1, 0.15) is 0 Å². The van der Waals surface area contributed by atoms with Gasteiger partial charge < -0.3 is 4.90 Å². The third-order valence-corrected chi connectivity index (χ3v) is 11.6. The fourth-order valence-electron chi connectivity index (χ4n) is 7.01. The minimum absolute atomic E-state index is 0.159. The first-order chi connectivity index (χ1) is 22.5. The fraction of sp³-hybridized carbons (Fsp3) is 0.348. The Balaban J connectivity index is 1.33. The third kappa shape index (κ3) is 6.18. The highest BCUT2D eigenvalue weighted by atomic mass is 15.1. The van der Waals surface area contributed by atoms with Gasteiger partial charge >= 0.3 is 0 Å². The number of benzene rings is 5. The zero-order valence-corrected chi connectivity index (χ0v) is 30.1. The van der Waals surface area contributed by atoms with Gasteiger partial charge in [-0.05, 0) is 129 Å². The van der Waals surface area contributed by atoms with Crippen LogP contribution in [-0.4, -0.2) is 0 Å². The van der Waals surface area contributed by atoms with Crippen molar-refractivity contribution in [3.05, 3.63) is 137 Å². The summed E-state index contributed by atoms with van der Waals surface area (Å²) in [6.45, 7) is 20.9. The molecule has 0 fully saturated rings. The summed E-state index contributed by atoms with van der Waals surface area (Å²) in [6, 6.07) is 41.8. The van der Waals surface area contributed by atoms with E-state index >= 15 is 0 Å². The van der Waals surface area contributed by atoms with Crippen molar-refractivity contribution < 1.29 is 0 Å². The van der Waals surface area contributed by atoms with Gasteiger partial charge in [-0.25, -0.2) is 0 Å². The van der Waals surface area contributed by atoms with E-state index < -0.39 is 0 Å². The Morgan fingerprint density at radius 2 is 1.00 bits per heavy atom. The minimum atomic E-state index is 0.159. The molecule has 2 unspecified atom stereocenters. The first-order valence-electron chi connectivity index (χ1n) is 17.9. The SMILES string of the molecule is CCC(C)c1ccc(N(c2ccc(-c3ccc4c(c3)C(C)c3cc(C(C)(C)CC)ccc3-4)cc2)c2ccc(C(C)(C)CC)cc2)cc1. The number of fused-ring (bicyclic) bond motifs is 3. The Morgan fingerprint density at radius 3 is 1.55 bits per heavy atom. The van der Waals surface area contributed by atoms with Crippen LogP contribution in [0.5, 0.6) is 0 Å². The van der Waals surface area contributed by atoms with Crippen LogP contribution in [0.2, 0.25) is 0 Å². The van der Waals surface area contributed by atoms with Gasteiger partial charge in [0.25, 0.3) is 0 Å². The fourth-order valence-corrected chi connectivity index (χ4v) is 7.01. The first kappa shape index (κ1) is 32.8. The lowest BCUT2D eigenvalue weighted by atomic mass is 9.80. The van der Waals surface area contributed by atoms with Gasteiger partial charge in [0.2, 0.25) is 0 Å². The average molecular weight is 620 g/mol. The van der Waals surface area contributed by atoms with Crippen LogP contribution >= 0.6 is 0 Å². The van der Waals surface area contributed by atoms with Crippen LogP contribution in [0, 0.1) is 0 Å². The zero-order valence-electron chi connectivity index (χ0n) is 30.1. The molecule has 0 saturated heterocycles. The highest BCUT2D eigenvalue weighted by Gasteiger charge is 2.28. The van der Waals surface area contributed by atoms with Crippen molar-refractivity contribution in [2.45, 2.75) is 104 Å². The first-order valence-corrected chi connectivity index (χ1v) is 17.9. The Morgan fingerprint density at radius 1 is 0.553 bits per heavy atom. The maximum Gasteiger partial charge on any atom is 0.0462 e. The molecule has 0 spiro atoms. The van der Waals surface area contributed by atoms with Gasteiger partial charge in [-0.2, -0.15) is 0 Å². The van der Waals surface area contributed by atoms with Crippen LogP contribution in [-0.2, 0) is 10.8 Å². The van der Waals surface area contributed by atoms with E-state index in [-0.39, 0.29) is 10.8 Å². The average Bonchev–Trinajstić information content (AvgIpc) is 3.39. The van der Waals surface area contributed by atoms with Crippen molar-refractivity contribution in [2.24, 2.45) is 0 Å². The molecule has 0 aliphatic heterocycles. The van der Waals surface area contributed by atoms with Crippen molar-refractivity contribution in [3.8, 4) is 22.3 Å². The molecule has 0 aromatic heterocycles. The van der Waals surface area contributed by atoms with E-state index in [4.69, 9.17) is 0 Å². The number of hydrogen-bond acceptors (Lipinski definition) is 1. The summed E-state index contributed by atoms with van der Waals surface area (Å²) in [7, 11) is 0. The highest BCUT2D eigenvalue weighted by molar-refractivity contribution is 5.83. The summed E-state index contributed by atoms with van der Waals surface area (Å²) in [5, 5.41) is 0. The maximum atomic E-state index is 2.47. The molecule has 1 aliphatic carbocycles. The van der Waals surface area contributed by atoms with Crippen molar-refractivity contribution in [1.82, 2.24) is 0 Å². The number of rotatable bonds is 10. The zero-order chi connectivity index (χ0) is 33.5. The standard InChI is InChI=1S/C46H53N/c1-10-31(4)33-13-21-38(22-14-33)47(40-25-18-36(19-26-40)45(6,7)11-2)39-23-15-34(16-24-39)35-17-27-41-42-28-20-37(46(8,9)12-3)30-44(42)32(5)43(41)29-35/h13-32H,10-12H2,1-9H3. The van der Waals surface area contributed by atoms with Gasteiger partial charge in [-0.3, -0.25) is 0 Å². The Labute approximate surface area is 284 Å². The van der Waals surface area contributed by atoms with E-state index in [1.807, 2.05) is 0 Å². The second kappa shape index (κ2) is 12.8. The summed E-state index contributed by atoms with van der Waals surface area (Å²) in [6.07, 6.45) is 3.39. The van der Waals surface area contributed by atoms with Crippen molar-refractivity contribution in [1.29, 1.82) is 0 Å². The van der Waals surface area contributed by atoms with Crippen LogP contribution < -0.4 is 4.90 Å². The van der Waals surface area contributed by atoms with E-state index in [9.17, 15) is 0 Å². The van der Waals surface area contributed by atoms with Gasteiger partial charge in [0.15, 0.2) is 0 Å². The quantitative estimate of drug-likeness (QED) is 0.150. The smallest absolute Gasteiger partial charge is 0.0462 e. The second-order valence-electron chi connectivity index (χ2n) is 15.1.